The van der Waals surface area contributed by atoms with Crippen molar-refractivity contribution in [3.8, 4) is 0 Å². The average Bonchev–Trinajstić information content (AvgIpc) is 3.08. The number of cyclic esters (lactones) is 1. The molecule has 1 heterocycles. The van der Waals surface area contributed by atoms with Crippen LogP contribution in [0.15, 0.2) is 30.3 Å². The minimum Gasteiger partial charge on any atom is -0.447 e. The van der Waals surface area contributed by atoms with Crippen LogP contribution in [0.2, 0.25) is 25.2 Å². The summed E-state index contributed by atoms with van der Waals surface area (Å²) in [5.41, 5.74) is 1.92. The van der Waals surface area contributed by atoms with Crippen LogP contribution in [0.25, 0.3) is 0 Å². The molecule has 2 fully saturated rings. The van der Waals surface area contributed by atoms with Gasteiger partial charge in [-0.2, -0.15) is 0 Å². The van der Waals surface area contributed by atoms with E-state index in [1.165, 1.54) is 5.56 Å². The summed E-state index contributed by atoms with van der Waals surface area (Å²) in [5, 5.41) is 0. The molecule has 0 aromatic heterocycles. The van der Waals surface area contributed by atoms with Gasteiger partial charge in [0, 0.05) is 14.1 Å². The minimum atomic E-state index is -1.16. The van der Waals surface area contributed by atoms with Gasteiger partial charge in [0.1, 0.15) is 6.61 Å². The van der Waals surface area contributed by atoms with E-state index in [2.05, 4.69) is 31.8 Å². The Morgan fingerprint density at radius 3 is 2.47 bits per heavy atom. The molecule has 19 heavy (non-hydrogen) atoms. The molecule has 2 aliphatic rings. The van der Waals surface area contributed by atoms with Crippen molar-refractivity contribution >= 4 is 14.2 Å². The summed E-state index contributed by atoms with van der Waals surface area (Å²) in [4.78, 5) is 14.0. The predicted octanol–water partition coefficient (Wildman–Crippen LogP) is 3.66. The molecule has 1 aliphatic carbocycles. The number of carbonyl (C=O) groups is 1. The smallest absolute Gasteiger partial charge is 0.410 e. The molecule has 4 heteroatoms. The highest BCUT2D eigenvalue weighted by atomic mass is 28.3. The number of hydrogen-bond donors (Lipinski definition) is 0. The molecule has 0 radical (unpaired) electrons. The quantitative estimate of drug-likeness (QED) is 0.788. The molecule has 1 saturated carbocycles. The molecule has 1 amide bonds. The van der Waals surface area contributed by atoms with Gasteiger partial charge >= 0.3 is 6.09 Å². The van der Waals surface area contributed by atoms with Crippen LogP contribution in [-0.2, 0) is 4.74 Å². The normalized spacial score (nSPS) is 30.4. The van der Waals surface area contributed by atoms with E-state index in [1.807, 2.05) is 23.1 Å². The summed E-state index contributed by atoms with van der Waals surface area (Å²) in [6.07, 6.45) is 1.04. The van der Waals surface area contributed by atoms with E-state index in [-0.39, 0.29) is 12.1 Å². The second-order valence-electron chi connectivity index (χ2n) is 6.69. The lowest BCUT2D eigenvalue weighted by Crippen LogP contribution is -2.34. The Hall–Kier alpha value is -1.29. The van der Waals surface area contributed by atoms with Crippen molar-refractivity contribution in [1.82, 2.24) is 4.90 Å². The highest BCUT2D eigenvalue weighted by molar-refractivity contribution is 6.78. The average molecular weight is 275 g/mol. The first-order chi connectivity index (χ1) is 8.98. The Morgan fingerprint density at radius 2 is 1.89 bits per heavy atom. The highest BCUT2D eigenvalue weighted by Gasteiger charge is 2.54. The first kappa shape index (κ1) is 12.7. The van der Waals surface area contributed by atoms with E-state index in [1.54, 1.807) is 0 Å². The van der Waals surface area contributed by atoms with Crippen LogP contribution in [0, 0.1) is 0 Å². The van der Waals surface area contributed by atoms with Gasteiger partial charge in [0.25, 0.3) is 0 Å². The third-order valence-corrected chi connectivity index (χ3v) is 7.17. The number of nitrogens with zero attached hydrogens (tertiary/aromatic N) is 1. The lowest BCUT2D eigenvalue weighted by Gasteiger charge is -2.24. The van der Waals surface area contributed by atoms with Crippen molar-refractivity contribution in [3.05, 3.63) is 35.9 Å². The molecular formula is C15H21NO2Si. The fourth-order valence-electron chi connectivity index (χ4n) is 3.15. The van der Waals surface area contributed by atoms with Gasteiger partial charge in [-0.3, -0.25) is 4.90 Å². The summed E-state index contributed by atoms with van der Waals surface area (Å²) in [6, 6.07) is 10.8. The molecule has 3 rings (SSSR count). The summed E-state index contributed by atoms with van der Waals surface area (Å²) in [5.74, 6) is 0. The van der Waals surface area contributed by atoms with Gasteiger partial charge in [-0.25, -0.2) is 4.79 Å². The Morgan fingerprint density at radius 1 is 1.21 bits per heavy atom. The monoisotopic (exact) mass is 275 g/mol. The lowest BCUT2D eigenvalue weighted by molar-refractivity contribution is 0.156. The van der Waals surface area contributed by atoms with Gasteiger partial charge < -0.3 is 4.74 Å². The van der Waals surface area contributed by atoms with Crippen molar-refractivity contribution < 1.29 is 9.53 Å². The summed E-state index contributed by atoms with van der Waals surface area (Å²) < 4.78 is 5.30. The molecule has 0 N–H and O–H groups in total. The zero-order valence-electron chi connectivity index (χ0n) is 11.8. The van der Waals surface area contributed by atoms with Gasteiger partial charge in [0.15, 0.2) is 0 Å². The SMILES string of the molecule is C[Si](C)(C)C1CC1N1C(=O)OCC1c1ccccc1. The number of ether oxygens (including phenoxy) is 1. The van der Waals surface area contributed by atoms with E-state index in [9.17, 15) is 4.79 Å². The van der Waals surface area contributed by atoms with Crippen LogP contribution >= 0.6 is 0 Å². The van der Waals surface area contributed by atoms with Gasteiger partial charge in [0.05, 0.1) is 6.04 Å². The molecule has 102 valence electrons. The van der Waals surface area contributed by atoms with Gasteiger partial charge in [-0.05, 0) is 17.5 Å². The molecule has 3 nitrogen and oxygen atoms in total. The Labute approximate surface area is 115 Å². The Balaban J connectivity index is 1.82. The molecule has 0 bridgehead atoms. The molecule has 1 saturated heterocycles. The third-order valence-electron chi connectivity index (χ3n) is 4.32. The second-order valence-corrected chi connectivity index (χ2v) is 12.2. The van der Waals surface area contributed by atoms with Crippen LogP contribution in [0.5, 0.6) is 0 Å². The molecule has 1 aromatic rings. The standard InChI is InChI=1S/C15H21NO2Si/c1-19(2,3)14-9-12(14)16-13(10-18-15(16)17)11-7-5-4-6-8-11/h4-8,12-14H,9-10H2,1-3H3. The molecule has 1 aromatic carbocycles. The number of carbonyl (C=O) groups excluding carboxylic acids is 1. The second kappa shape index (κ2) is 4.37. The van der Waals surface area contributed by atoms with E-state index >= 15 is 0 Å². The fraction of sp³-hybridized carbons (Fsp3) is 0.533. The van der Waals surface area contributed by atoms with Crippen LogP contribution in [0.3, 0.4) is 0 Å². The van der Waals surface area contributed by atoms with Crippen molar-refractivity contribution in [2.75, 3.05) is 6.61 Å². The van der Waals surface area contributed by atoms with Gasteiger partial charge in [0.2, 0.25) is 0 Å². The lowest BCUT2D eigenvalue weighted by atomic mass is 10.1. The summed E-state index contributed by atoms with van der Waals surface area (Å²) in [6.45, 7) is 7.65. The topological polar surface area (TPSA) is 29.5 Å². The summed E-state index contributed by atoms with van der Waals surface area (Å²) in [7, 11) is -1.16. The molecule has 1 aliphatic heterocycles. The van der Waals surface area contributed by atoms with Gasteiger partial charge in [-0.1, -0.05) is 50.0 Å². The van der Waals surface area contributed by atoms with Crippen LogP contribution in [-0.4, -0.2) is 31.7 Å². The van der Waals surface area contributed by atoms with Gasteiger partial charge in [-0.15, -0.1) is 0 Å². The summed E-state index contributed by atoms with van der Waals surface area (Å²) >= 11 is 0. The molecule has 3 atom stereocenters. The van der Waals surface area contributed by atoms with Crippen LogP contribution in [0.1, 0.15) is 18.0 Å². The Bertz CT molecular complexity index is 483. The fourth-order valence-corrected chi connectivity index (χ4v) is 5.41. The van der Waals surface area contributed by atoms with E-state index in [4.69, 9.17) is 4.74 Å². The van der Waals surface area contributed by atoms with Crippen molar-refractivity contribution in [1.29, 1.82) is 0 Å². The van der Waals surface area contributed by atoms with Crippen LogP contribution < -0.4 is 0 Å². The van der Waals surface area contributed by atoms with Crippen molar-refractivity contribution in [3.63, 3.8) is 0 Å². The zero-order valence-corrected chi connectivity index (χ0v) is 12.8. The maximum absolute atomic E-state index is 12.0. The number of amides is 1. The zero-order chi connectivity index (χ0) is 13.6. The first-order valence-electron chi connectivity index (χ1n) is 6.98. The van der Waals surface area contributed by atoms with E-state index in [0.717, 1.165) is 12.0 Å². The van der Waals surface area contributed by atoms with Crippen LogP contribution in [0.4, 0.5) is 4.79 Å². The van der Waals surface area contributed by atoms with E-state index < -0.39 is 8.07 Å². The third kappa shape index (κ3) is 2.29. The largest absolute Gasteiger partial charge is 0.447 e. The number of rotatable bonds is 3. The Kier molecular flexibility index (Phi) is 2.93. The first-order valence-corrected chi connectivity index (χ1v) is 10.6. The maximum atomic E-state index is 12.0. The predicted molar refractivity (Wildman–Crippen MR) is 77.9 cm³/mol. The highest BCUT2D eigenvalue weighted by Crippen LogP contribution is 2.52. The number of benzene rings is 1. The minimum absolute atomic E-state index is 0.111. The maximum Gasteiger partial charge on any atom is 0.410 e. The number of hydrogen-bond acceptors (Lipinski definition) is 2. The molecule has 3 unspecified atom stereocenters. The van der Waals surface area contributed by atoms with Crippen molar-refractivity contribution in [2.45, 2.75) is 43.7 Å². The van der Waals surface area contributed by atoms with E-state index in [0.29, 0.717) is 12.6 Å². The molecule has 0 spiro atoms. The van der Waals surface area contributed by atoms with Crippen molar-refractivity contribution in [2.24, 2.45) is 0 Å². The molecular weight excluding hydrogens is 254 g/mol.